The largest absolute Gasteiger partial charge is 0.462 e. The monoisotopic (exact) mass is 442 g/mol. The van der Waals surface area contributed by atoms with E-state index in [1.54, 1.807) is 18.2 Å². The third-order valence-electron chi connectivity index (χ3n) is 4.78. The lowest BCUT2D eigenvalue weighted by molar-refractivity contribution is -0.256. The second-order valence-electron chi connectivity index (χ2n) is 6.96. The van der Waals surface area contributed by atoms with Crippen molar-refractivity contribution in [2.45, 2.75) is 30.0 Å². The zero-order valence-corrected chi connectivity index (χ0v) is 16.4. The fourth-order valence-corrected chi connectivity index (χ4v) is 3.81. The van der Waals surface area contributed by atoms with Crippen LogP contribution in [0.25, 0.3) is 21.5 Å². The molecule has 6 nitrogen and oxygen atoms in total. The molecule has 10 heteroatoms. The van der Waals surface area contributed by atoms with Crippen LogP contribution in [0.2, 0.25) is 0 Å². The van der Waals surface area contributed by atoms with Gasteiger partial charge in [0, 0.05) is 11.8 Å². The van der Waals surface area contributed by atoms with Crippen LogP contribution in [0.5, 0.6) is 0 Å². The summed E-state index contributed by atoms with van der Waals surface area (Å²) in [5.74, 6) is -0.927. The Labute approximate surface area is 169 Å². The SMILES string of the molecule is CC(O)(CCOC(=O)c1cc2cccc(S(=O)(=O)O)c2c2ccccc12)C(F)(F)F. The van der Waals surface area contributed by atoms with Gasteiger partial charge in [-0.1, -0.05) is 36.4 Å². The van der Waals surface area contributed by atoms with Gasteiger partial charge in [-0.2, -0.15) is 21.6 Å². The number of aliphatic hydroxyl groups is 1. The van der Waals surface area contributed by atoms with E-state index in [-0.39, 0.29) is 15.8 Å². The molecule has 0 aliphatic carbocycles. The Kier molecular flexibility index (Phi) is 5.52. The summed E-state index contributed by atoms with van der Waals surface area (Å²) < 4.78 is 76.3. The Morgan fingerprint density at radius 1 is 1.07 bits per heavy atom. The van der Waals surface area contributed by atoms with E-state index in [9.17, 15) is 36.0 Å². The van der Waals surface area contributed by atoms with Crippen molar-refractivity contribution in [3.63, 3.8) is 0 Å². The van der Waals surface area contributed by atoms with Crippen LogP contribution in [0, 0.1) is 0 Å². The Bertz CT molecular complexity index is 1230. The second kappa shape index (κ2) is 7.53. The van der Waals surface area contributed by atoms with Crippen molar-refractivity contribution >= 4 is 37.6 Å². The second-order valence-corrected chi connectivity index (χ2v) is 8.35. The molecule has 0 radical (unpaired) electrons. The summed E-state index contributed by atoms with van der Waals surface area (Å²) in [6.07, 6.45) is -5.72. The maximum atomic E-state index is 12.7. The number of rotatable bonds is 5. The first kappa shape index (κ1) is 22.0. The molecule has 0 saturated carbocycles. The Morgan fingerprint density at radius 3 is 2.30 bits per heavy atom. The van der Waals surface area contributed by atoms with Gasteiger partial charge in [0.15, 0.2) is 5.60 Å². The fourth-order valence-electron chi connectivity index (χ4n) is 3.07. The lowest BCUT2D eigenvalue weighted by Crippen LogP contribution is -2.43. The molecule has 0 aliphatic rings. The highest BCUT2D eigenvalue weighted by molar-refractivity contribution is 7.86. The van der Waals surface area contributed by atoms with E-state index in [1.165, 1.54) is 30.3 Å². The number of halogens is 3. The maximum absolute atomic E-state index is 12.7. The summed E-state index contributed by atoms with van der Waals surface area (Å²) in [6, 6.07) is 11.8. The first-order chi connectivity index (χ1) is 13.8. The van der Waals surface area contributed by atoms with E-state index in [2.05, 4.69) is 0 Å². The molecular formula is C20H17F3O6S. The zero-order valence-electron chi connectivity index (χ0n) is 15.6. The van der Waals surface area contributed by atoms with Gasteiger partial charge in [0.05, 0.1) is 12.2 Å². The zero-order chi connectivity index (χ0) is 22.3. The summed E-state index contributed by atoms with van der Waals surface area (Å²) in [7, 11) is -4.55. The van der Waals surface area contributed by atoms with Crippen molar-refractivity contribution in [1.82, 2.24) is 0 Å². The van der Waals surface area contributed by atoms with E-state index in [1.807, 2.05) is 0 Å². The number of fused-ring (bicyclic) bond motifs is 3. The molecule has 3 aromatic carbocycles. The Hall–Kier alpha value is -2.69. The van der Waals surface area contributed by atoms with Crippen LogP contribution in [-0.4, -0.2) is 42.4 Å². The molecule has 2 N–H and O–H groups in total. The molecule has 3 rings (SSSR count). The van der Waals surface area contributed by atoms with E-state index in [0.29, 0.717) is 23.1 Å². The highest BCUT2D eigenvalue weighted by atomic mass is 32.2. The molecule has 160 valence electrons. The van der Waals surface area contributed by atoms with Crippen LogP contribution < -0.4 is 0 Å². The summed E-state index contributed by atoms with van der Waals surface area (Å²) in [5.41, 5.74) is -3.00. The van der Waals surface area contributed by atoms with Gasteiger partial charge >= 0.3 is 12.1 Å². The summed E-state index contributed by atoms with van der Waals surface area (Å²) in [6.45, 7) is -0.0914. The molecular weight excluding hydrogens is 425 g/mol. The van der Waals surface area contributed by atoms with E-state index < -0.39 is 40.9 Å². The molecule has 1 unspecified atom stereocenters. The number of ether oxygens (including phenoxy) is 1. The standard InChI is InChI=1S/C20H17F3O6S/c1-19(25,20(21,22)23)9-10-29-18(24)15-11-12-5-4-8-16(30(26,27)28)17(12)14-7-3-2-6-13(14)15/h2-8,11,25H,9-10H2,1H3,(H,26,27,28). The summed E-state index contributed by atoms with van der Waals surface area (Å²) in [4.78, 5) is 12.2. The smallest absolute Gasteiger partial charge is 0.417 e. The predicted octanol–water partition coefficient (Wildman–Crippen LogP) is 4.10. The van der Waals surface area contributed by atoms with Crippen LogP contribution >= 0.6 is 0 Å². The molecule has 30 heavy (non-hydrogen) atoms. The Balaban J connectivity index is 2.04. The minimum Gasteiger partial charge on any atom is -0.462 e. The molecule has 0 spiro atoms. The number of esters is 1. The first-order valence-electron chi connectivity index (χ1n) is 8.71. The van der Waals surface area contributed by atoms with Crippen LogP contribution in [0.4, 0.5) is 13.2 Å². The number of alkyl halides is 3. The van der Waals surface area contributed by atoms with E-state index in [0.717, 1.165) is 0 Å². The molecule has 0 heterocycles. The molecule has 0 aromatic heterocycles. The van der Waals surface area contributed by atoms with Crippen molar-refractivity contribution in [2.24, 2.45) is 0 Å². The number of carbonyl (C=O) groups is 1. The van der Waals surface area contributed by atoms with Crippen molar-refractivity contribution in [1.29, 1.82) is 0 Å². The van der Waals surface area contributed by atoms with Gasteiger partial charge in [0.1, 0.15) is 4.90 Å². The highest BCUT2D eigenvalue weighted by Crippen LogP contribution is 2.35. The van der Waals surface area contributed by atoms with E-state index >= 15 is 0 Å². The van der Waals surface area contributed by atoms with Crippen molar-refractivity contribution < 1.29 is 40.8 Å². The molecule has 0 bridgehead atoms. The first-order valence-corrected chi connectivity index (χ1v) is 10.1. The van der Waals surface area contributed by atoms with Gasteiger partial charge in [-0.3, -0.25) is 4.55 Å². The average Bonchev–Trinajstić information content (AvgIpc) is 2.65. The molecule has 1 atom stereocenters. The lowest BCUT2D eigenvalue weighted by Gasteiger charge is -2.25. The molecule has 0 saturated heterocycles. The molecule has 0 amide bonds. The van der Waals surface area contributed by atoms with Gasteiger partial charge in [-0.15, -0.1) is 0 Å². The van der Waals surface area contributed by atoms with Gasteiger partial charge in [-0.25, -0.2) is 4.79 Å². The molecule has 3 aromatic rings. The minimum absolute atomic E-state index is 0.0113. The van der Waals surface area contributed by atoms with Gasteiger partial charge in [-0.05, 0) is 35.2 Å². The van der Waals surface area contributed by atoms with Crippen molar-refractivity contribution in [3.05, 3.63) is 54.1 Å². The minimum atomic E-state index is -4.87. The number of carbonyl (C=O) groups excluding carboxylic acids is 1. The number of hydrogen-bond acceptors (Lipinski definition) is 5. The van der Waals surface area contributed by atoms with Crippen molar-refractivity contribution in [3.8, 4) is 0 Å². The third-order valence-corrected chi connectivity index (χ3v) is 5.67. The quantitative estimate of drug-likeness (QED) is 0.351. The molecule has 0 aliphatic heterocycles. The predicted molar refractivity (Wildman–Crippen MR) is 103 cm³/mol. The normalized spacial score (nSPS) is 14.6. The van der Waals surface area contributed by atoms with Crippen LogP contribution in [0.15, 0.2) is 53.4 Å². The number of hydrogen-bond donors (Lipinski definition) is 2. The van der Waals surface area contributed by atoms with Gasteiger partial charge in [0.2, 0.25) is 0 Å². The lowest BCUT2D eigenvalue weighted by atomic mass is 9.97. The summed E-state index contributed by atoms with van der Waals surface area (Å²) in [5, 5.41) is 10.6. The number of benzene rings is 3. The van der Waals surface area contributed by atoms with Crippen molar-refractivity contribution in [2.75, 3.05) is 6.61 Å². The maximum Gasteiger partial charge on any atom is 0.417 e. The third kappa shape index (κ3) is 4.11. The van der Waals surface area contributed by atoms with Crippen LogP contribution in [0.1, 0.15) is 23.7 Å². The van der Waals surface area contributed by atoms with Crippen LogP contribution in [0.3, 0.4) is 0 Å². The molecule has 0 fully saturated rings. The highest BCUT2D eigenvalue weighted by Gasteiger charge is 2.49. The summed E-state index contributed by atoms with van der Waals surface area (Å²) >= 11 is 0. The Morgan fingerprint density at radius 2 is 1.70 bits per heavy atom. The van der Waals surface area contributed by atoms with Gasteiger partial charge in [0.25, 0.3) is 10.1 Å². The topological polar surface area (TPSA) is 101 Å². The average molecular weight is 442 g/mol. The fraction of sp³-hybridized carbons (Fsp3) is 0.250. The van der Waals surface area contributed by atoms with E-state index in [4.69, 9.17) is 4.74 Å². The van der Waals surface area contributed by atoms with Crippen LogP contribution in [-0.2, 0) is 14.9 Å². The van der Waals surface area contributed by atoms with Gasteiger partial charge < -0.3 is 9.84 Å².